The van der Waals surface area contributed by atoms with Crippen molar-refractivity contribution < 1.29 is 14.7 Å². The van der Waals surface area contributed by atoms with Gasteiger partial charge in [0.15, 0.2) is 0 Å². The summed E-state index contributed by atoms with van der Waals surface area (Å²) in [5, 5.41) is 10.0. The van der Waals surface area contributed by atoms with Crippen LogP contribution in [0.15, 0.2) is 60.8 Å². The Morgan fingerprint density at radius 1 is 0.963 bits per heavy atom. The summed E-state index contributed by atoms with van der Waals surface area (Å²) in [5.41, 5.74) is 3.25. The van der Waals surface area contributed by atoms with Crippen molar-refractivity contribution in [3.63, 3.8) is 0 Å². The lowest BCUT2D eigenvalue weighted by atomic mass is 10.1. The lowest BCUT2D eigenvalue weighted by Crippen LogP contribution is -2.32. The van der Waals surface area contributed by atoms with Gasteiger partial charge in [-0.15, -0.1) is 0 Å². The van der Waals surface area contributed by atoms with Gasteiger partial charge in [0.2, 0.25) is 5.91 Å². The summed E-state index contributed by atoms with van der Waals surface area (Å²) in [5.74, 6) is -0.782. The Hall–Kier alpha value is -3.08. The second-order valence-electron chi connectivity index (χ2n) is 6.66. The number of para-hydroxylation sites is 1. The van der Waals surface area contributed by atoms with Crippen molar-refractivity contribution in [2.75, 3.05) is 6.54 Å². The molecule has 2 N–H and O–H groups in total. The lowest BCUT2D eigenvalue weighted by Gasteiger charge is -2.23. The molecule has 0 atom stereocenters. The van der Waals surface area contributed by atoms with Crippen molar-refractivity contribution >= 4 is 22.8 Å². The van der Waals surface area contributed by atoms with E-state index >= 15 is 0 Å². The maximum atomic E-state index is 12.8. The van der Waals surface area contributed by atoms with Gasteiger partial charge >= 0.3 is 5.97 Å². The smallest absolute Gasteiger partial charge is 0.303 e. The van der Waals surface area contributed by atoms with Gasteiger partial charge in [-0.1, -0.05) is 48.5 Å². The van der Waals surface area contributed by atoms with Crippen LogP contribution in [0.25, 0.3) is 10.9 Å². The number of hydrogen-bond acceptors (Lipinski definition) is 2. The third-order valence-electron chi connectivity index (χ3n) is 4.67. The van der Waals surface area contributed by atoms with Crippen molar-refractivity contribution in [3.8, 4) is 0 Å². The van der Waals surface area contributed by atoms with E-state index in [1.54, 1.807) is 4.90 Å². The van der Waals surface area contributed by atoms with Gasteiger partial charge in [-0.3, -0.25) is 9.59 Å². The minimum atomic E-state index is -0.832. The number of carbonyl (C=O) groups is 2. The number of aromatic amines is 1. The Bertz CT molecular complexity index is 902. The summed E-state index contributed by atoms with van der Waals surface area (Å²) < 4.78 is 0. The average Bonchev–Trinajstić information content (AvgIpc) is 3.09. The van der Waals surface area contributed by atoms with Gasteiger partial charge in [-0.05, 0) is 30.0 Å². The number of hydrogen-bond donors (Lipinski definition) is 2. The number of aromatic nitrogens is 1. The normalized spacial score (nSPS) is 10.8. The molecule has 1 aromatic heterocycles. The largest absolute Gasteiger partial charge is 0.481 e. The molecule has 0 fully saturated rings. The molecule has 27 heavy (non-hydrogen) atoms. The molecule has 3 rings (SSSR count). The maximum absolute atomic E-state index is 12.8. The second kappa shape index (κ2) is 9.03. The molecule has 0 unspecified atom stereocenters. The number of fused-ring (bicyclic) bond motifs is 1. The van der Waals surface area contributed by atoms with E-state index in [0.29, 0.717) is 32.4 Å². The predicted molar refractivity (Wildman–Crippen MR) is 105 cm³/mol. The Labute approximate surface area is 158 Å². The number of aryl methyl sites for hydroxylation is 1. The molecule has 0 saturated carbocycles. The van der Waals surface area contributed by atoms with E-state index in [0.717, 1.165) is 22.0 Å². The minimum absolute atomic E-state index is 0.0505. The Morgan fingerprint density at radius 3 is 2.48 bits per heavy atom. The molecule has 1 amide bonds. The van der Waals surface area contributed by atoms with Crippen LogP contribution >= 0.6 is 0 Å². The van der Waals surface area contributed by atoms with E-state index in [1.165, 1.54) is 0 Å². The number of carboxylic acids is 1. The van der Waals surface area contributed by atoms with Crippen LogP contribution in [0, 0.1) is 0 Å². The molecule has 2 aromatic carbocycles. The first kappa shape index (κ1) is 18.7. The van der Waals surface area contributed by atoms with Gasteiger partial charge in [-0.2, -0.15) is 0 Å². The summed E-state index contributed by atoms with van der Waals surface area (Å²) in [6.07, 6.45) is 3.56. The SMILES string of the molecule is O=C(O)CCCN(Cc1ccccc1)C(=O)CCc1c[nH]c2ccccc12. The second-order valence-corrected chi connectivity index (χ2v) is 6.66. The Kier molecular flexibility index (Phi) is 6.26. The third kappa shape index (κ3) is 5.20. The average molecular weight is 364 g/mol. The molecule has 5 nitrogen and oxygen atoms in total. The van der Waals surface area contributed by atoms with Crippen molar-refractivity contribution in [1.29, 1.82) is 0 Å². The molecule has 0 radical (unpaired) electrons. The number of H-pyrrole nitrogens is 1. The van der Waals surface area contributed by atoms with Crippen LogP contribution in [0.3, 0.4) is 0 Å². The van der Waals surface area contributed by atoms with Gasteiger partial charge in [0, 0.05) is 43.0 Å². The molecule has 0 bridgehead atoms. The van der Waals surface area contributed by atoms with Crippen molar-refractivity contribution in [3.05, 3.63) is 71.9 Å². The van der Waals surface area contributed by atoms with Gasteiger partial charge in [0.05, 0.1) is 0 Å². The molecule has 1 heterocycles. The number of carbonyl (C=O) groups excluding carboxylic acids is 1. The van der Waals surface area contributed by atoms with Crippen molar-refractivity contribution in [1.82, 2.24) is 9.88 Å². The number of benzene rings is 2. The number of aliphatic carboxylic acids is 1. The van der Waals surface area contributed by atoms with Crippen LogP contribution in [0.5, 0.6) is 0 Å². The van der Waals surface area contributed by atoms with E-state index in [-0.39, 0.29) is 12.3 Å². The van der Waals surface area contributed by atoms with Crippen molar-refractivity contribution in [2.24, 2.45) is 0 Å². The topological polar surface area (TPSA) is 73.4 Å². The fourth-order valence-electron chi connectivity index (χ4n) is 3.26. The first-order chi connectivity index (χ1) is 13.1. The molecule has 0 aliphatic carbocycles. The zero-order valence-corrected chi connectivity index (χ0v) is 15.2. The molecule has 3 aromatic rings. The summed E-state index contributed by atoms with van der Waals surface area (Å²) in [6, 6.07) is 17.9. The van der Waals surface area contributed by atoms with Gasteiger partial charge in [-0.25, -0.2) is 0 Å². The van der Waals surface area contributed by atoms with Gasteiger partial charge < -0.3 is 15.0 Å². The molecular weight excluding hydrogens is 340 g/mol. The van der Waals surface area contributed by atoms with Crippen molar-refractivity contribution in [2.45, 2.75) is 32.2 Å². The fraction of sp³-hybridized carbons (Fsp3) is 0.273. The molecular formula is C22H24N2O3. The molecule has 0 spiro atoms. The summed E-state index contributed by atoms with van der Waals surface area (Å²) in [4.78, 5) is 28.6. The fourth-order valence-corrected chi connectivity index (χ4v) is 3.26. The summed E-state index contributed by atoms with van der Waals surface area (Å²) in [7, 11) is 0. The van der Waals surface area contributed by atoms with Gasteiger partial charge in [0.25, 0.3) is 0 Å². The highest BCUT2D eigenvalue weighted by Crippen LogP contribution is 2.19. The Morgan fingerprint density at radius 2 is 1.70 bits per heavy atom. The minimum Gasteiger partial charge on any atom is -0.481 e. The summed E-state index contributed by atoms with van der Waals surface area (Å²) >= 11 is 0. The number of rotatable bonds is 9. The zero-order valence-electron chi connectivity index (χ0n) is 15.2. The highest BCUT2D eigenvalue weighted by atomic mass is 16.4. The van der Waals surface area contributed by atoms with E-state index < -0.39 is 5.97 Å². The standard InChI is InChI=1S/C22H24N2O3/c25-21(13-12-18-15-23-20-10-5-4-9-19(18)20)24(14-6-11-22(26)27)16-17-7-2-1-3-8-17/h1-5,7-10,15,23H,6,11-14,16H2,(H,26,27). The van der Waals surface area contributed by atoms with Crippen LogP contribution < -0.4 is 0 Å². The monoisotopic (exact) mass is 364 g/mol. The number of carboxylic acid groups (broad SMARTS) is 1. The first-order valence-electron chi connectivity index (χ1n) is 9.22. The quantitative estimate of drug-likeness (QED) is 0.603. The Balaban J connectivity index is 1.64. The van der Waals surface area contributed by atoms with Crippen LogP contribution in [-0.2, 0) is 22.6 Å². The van der Waals surface area contributed by atoms with Crippen LogP contribution in [0.4, 0.5) is 0 Å². The van der Waals surface area contributed by atoms with E-state index in [1.807, 2.05) is 54.7 Å². The van der Waals surface area contributed by atoms with E-state index in [9.17, 15) is 9.59 Å². The molecule has 0 aliphatic heterocycles. The maximum Gasteiger partial charge on any atom is 0.303 e. The highest BCUT2D eigenvalue weighted by Gasteiger charge is 2.15. The molecule has 0 saturated heterocycles. The van der Waals surface area contributed by atoms with Crippen LogP contribution in [-0.4, -0.2) is 33.4 Å². The lowest BCUT2D eigenvalue weighted by molar-refractivity contribution is -0.138. The molecule has 0 aliphatic rings. The highest BCUT2D eigenvalue weighted by molar-refractivity contribution is 5.84. The number of amides is 1. The van der Waals surface area contributed by atoms with Crippen LogP contribution in [0.1, 0.15) is 30.4 Å². The van der Waals surface area contributed by atoms with Crippen LogP contribution in [0.2, 0.25) is 0 Å². The molecule has 140 valence electrons. The first-order valence-corrected chi connectivity index (χ1v) is 9.22. The summed E-state index contributed by atoms with van der Waals surface area (Å²) in [6.45, 7) is 0.959. The van der Waals surface area contributed by atoms with Gasteiger partial charge in [0.1, 0.15) is 0 Å². The number of nitrogens with one attached hydrogen (secondary N) is 1. The predicted octanol–water partition coefficient (Wildman–Crippen LogP) is 3.99. The third-order valence-corrected chi connectivity index (χ3v) is 4.67. The number of nitrogens with zero attached hydrogens (tertiary/aromatic N) is 1. The zero-order chi connectivity index (χ0) is 19.1. The molecule has 5 heteroatoms. The van der Waals surface area contributed by atoms with E-state index in [2.05, 4.69) is 11.1 Å². The van der Waals surface area contributed by atoms with E-state index in [4.69, 9.17) is 5.11 Å².